The number of nitrogens with zero attached hydrogens (tertiary/aromatic N) is 1. The van der Waals surface area contributed by atoms with Crippen LogP contribution < -0.4 is 23.8 Å². The van der Waals surface area contributed by atoms with Crippen molar-refractivity contribution >= 4 is 21.6 Å². The third-order valence-corrected chi connectivity index (χ3v) is 6.16. The molecule has 1 N–H and O–H groups in total. The maximum atomic E-state index is 12.3. The summed E-state index contributed by atoms with van der Waals surface area (Å²) in [4.78, 5) is 12.3. The summed E-state index contributed by atoms with van der Waals surface area (Å²) >= 11 is 0. The van der Waals surface area contributed by atoms with Gasteiger partial charge in [0.05, 0.1) is 18.0 Å². The number of fused-ring (bicyclic) bond motifs is 1. The summed E-state index contributed by atoms with van der Waals surface area (Å²) in [5.74, 6) is 1.75. The highest BCUT2D eigenvalue weighted by Crippen LogP contribution is 2.34. The van der Waals surface area contributed by atoms with Crippen LogP contribution in [-0.4, -0.2) is 53.0 Å². The summed E-state index contributed by atoms with van der Waals surface area (Å²) in [5.41, 5.74) is 1.52. The lowest BCUT2D eigenvalue weighted by Gasteiger charge is -2.25. The van der Waals surface area contributed by atoms with Gasteiger partial charge < -0.3 is 19.5 Å². The van der Waals surface area contributed by atoms with Crippen molar-refractivity contribution < 1.29 is 27.4 Å². The van der Waals surface area contributed by atoms with Gasteiger partial charge in [0.15, 0.2) is 11.5 Å². The fourth-order valence-corrected chi connectivity index (χ4v) is 4.34. The zero-order chi connectivity index (χ0) is 23.1. The van der Waals surface area contributed by atoms with Gasteiger partial charge in [-0.2, -0.15) is 0 Å². The summed E-state index contributed by atoms with van der Waals surface area (Å²) in [6.45, 7) is 5.25. The Morgan fingerprint density at radius 3 is 2.59 bits per heavy atom. The Labute approximate surface area is 189 Å². The Hall–Kier alpha value is -2.94. The predicted octanol–water partition coefficient (Wildman–Crippen LogP) is 2.90. The van der Waals surface area contributed by atoms with Crippen molar-refractivity contribution in [1.82, 2.24) is 5.32 Å². The predicted molar refractivity (Wildman–Crippen MR) is 123 cm³/mol. The monoisotopic (exact) mass is 462 g/mol. The average molecular weight is 463 g/mol. The van der Waals surface area contributed by atoms with Gasteiger partial charge >= 0.3 is 0 Å². The molecule has 1 unspecified atom stereocenters. The molecule has 1 atom stereocenters. The molecule has 2 aromatic rings. The first kappa shape index (κ1) is 23.7. The highest BCUT2D eigenvalue weighted by molar-refractivity contribution is 7.92. The molecule has 174 valence electrons. The molecule has 1 heterocycles. The molecule has 0 spiro atoms. The molecule has 0 saturated heterocycles. The van der Waals surface area contributed by atoms with Crippen LogP contribution in [0.2, 0.25) is 0 Å². The zero-order valence-electron chi connectivity index (χ0n) is 18.7. The van der Waals surface area contributed by atoms with E-state index in [0.717, 1.165) is 17.6 Å². The van der Waals surface area contributed by atoms with Crippen molar-refractivity contribution in [3.05, 3.63) is 48.0 Å². The maximum absolute atomic E-state index is 12.3. The van der Waals surface area contributed by atoms with Crippen molar-refractivity contribution in [2.45, 2.75) is 32.7 Å². The number of sulfonamides is 1. The molecule has 8 nitrogen and oxygen atoms in total. The van der Waals surface area contributed by atoms with Crippen LogP contribution in [-0.2, 0) is 14.8 Å². The second kappa shape index (κ2) is 10.6. The van der Waals surface area contributed by atoms with Gasteiger partial charge in [-0.3, -0.25) is 9.10 Å². The first-order valence-electron chi connectivity index (χ1n) is 10.6. The number of aryl methyl sites for hydroxylation is 1. The molecular formula is C23H30N2O6S. The number of hydrogen-bond acceptors (Lipinski definition) is 6. The van der Waals surface area contributed by atoms with E-state index in [1.807, 2.05) is 38.1 Å². The third kappa shape index (κ3) is 6.53. The number of rotatable bonds is 10. The normalized spacial score (nSPS) is 13.8. The molecule has 0 aromatic heterocycles. The molecule has 2 aromatic carbocycles. The quantitative estimate of drug-likeness (QED) is 0.584. The number of hydrogen-bond donors (Lipinski definition) is 1. The van der Waals surface area contributed by atoms with Crippen LogP contribution in [0.5, 0.6) is 17.2 Å². The summed E-state index contributed by atoms with van der Waals surface area (Å²) in [6.07, 6.45) is 1.72. The van der Waals surface area contributed by atoms with Crippen LogP contribution in [0.4, 0.5) is 5.69 Å². The lowest BCUT2D eigenvalue weighted by atomic mass is 10.2. The molecule has 1 aliphatic rings. The number of nitrogens with one attached hydrogen (secondary N) is 1. The van der Waals surface area contributed by atoms with Crippen LogP contribution in [0.25, 0.3) is 0 Å². The van der Waals surface area contributed by atoms with Crippen LogP contribution >= 0.6 is 0 Å². The molecule has 0 aliphatic carbocycles. The van der Waals surface area contributed by atoms with E-state index in [1.54, 1.807) is 18.2 Å². The van der Waals surface area contributed by atoms with Crippen LogP contribution in [0.3, 0.4) is 0 Å². The van der Waals surface area contributed by atoms with E-state index in [1.165, 1.54) is 4.31 Å². The zero-order valence-corrected chi connectivity index (χ0v) is 19.5. The van der Waals surface area contributed by atoms with Crippen LogP contribution in [0.1, 0.15) is 25.3 Å². The summed E-state index contributed by atoms with van der Waals surface area (Å²) in [5, 5.41) is 2.89. The Morgan fingerprint density at radius 2 is 1.88 bits per heavy atom. The molecule has 0 radical (unpaired) electrons. The van der Waals surface area contributed by atoms with Crippen molar-refractivity contribution in [3.8, 4) is 17.2 Å². The summed E-state index contributed by atoms with van der Waals surface area (Å²) < 4.78 is 42.8. The Morgan fingerprint density at radius 1 is 1.16 bits per heavy atom. The van der Waals surface area contributed by atoms with E-state index in [2.05, 4.69) is 5.32 Å². The van der Waals surface area contributed by atoms with E-state index in [-0.39, 0.29) is 24.9 Å². The minimum Gasteiger partial charge on any atom is -0.491 e. The number of benzene rings is 2. The van der Waals surface area contributed by atoms with Crippen molar-refractivity contribution in [3.63, 3.8) is 0 Å². The first-order chi connectivity index (χ1) is 15.2. The summed E-state index contributed by atoms with van der Waals surface area (Å²) in [6, 6.07) is 12.6. The van der Waals surface area contributed by atoms with Crippen LogP contribution in [0, 0.1) is 6.92 Å². The Bertz CT molecular complexity index is 1040. The molecule has 9 heteroatoms. The van der Waals surface area contributed by atoms with E-state index in [9.17, 15) is 13.2 Å². The van der Waals surface area contributed by atoms with Gasteiger partial charge in [-0.15, -0.1) is 0 Å². The second-order valence-corrected chi connectivity index (χ2v) is 9.72. The average Bonchev–Trinajstić information content (AvgIpc) is 2.75. The molecule has 3 rings (SSSR count). The van der Waals surface area contributed by atoms with Gasteiger partial charge in [-0.25, -0.2) is 8.42 Å². The van der Waals surface area contributed by atoms with Crippen molar-refractivity contribution in [2.24, 2.45) is 0 Å². The van der Waals surface area contributed by atoms with Gasteiger partial charge in [-0.05, 0) is 44.0 Å². The molecule has 0 fully saturated rings. The molecule has 0 saturated carbocycles. The van der Waals surface area contributed by atoms with Gasteiger partial charge in [0.1, 0.15) is 25.6 Å². The number of amides is 1. The lowest BCUT2D eigenvalue weighted by molar-refractivity contribution is -0.121. The molecule has 1 amide bonds. The van der Waals surface area contributed by atoms with Crippen LogP contribution in [0.15, 0.2) is 42.5 Å². The Balaban J connectivity index is 1.50. The largest absolute Gasteiger partial charge is 0.491 e. The highest BCUT2D eigenvalue weighted by Gasteiger charge is 2.21. The molecule has 32 heavy (non-hydrogen) atoms. The second-order valence-electron chi connectivity index (χ2n) is 7.81. The smallest absolute Gasteiger partial charge is 0.232 e. The molecular weight excluding hydrogens is 432 g/mol. The fourth-order valence-electron chi connectivity index (χ4n) is 3.38. The number of carbonyl (C=O) groups excluding carboxylic acids is 1. The molecule has 0 bridgehead atoms. The number of carbonyl (C=O) groups is 1. The van der Waals surface area contributed by atoms with Gasteiger partial charge in [0, 0.05) is 19.0 Å². The fraction of sp³-hybridized carbons (Fsp3) is 0.435. The molecule has 1 aliphatic heterocycles. The maximum Gasteiger partial charge on any atom is 0.232 e. The van der Waals surface area contributed by atoms with E-state index >= 15 is 0 Å². The van der Waals surface area contributed by atoms with Gasteiger partial charge in [-0.1, -0.05) is 18.2 Å². The van der Waals surface area contributed by atoms with E-state index < -0.39 is 10.0 Å². The van der Waals surface area contributed by atoms with Crippen molar-refractivity contribution in [2.75, 3.05) is 36.9 Å². The first-order valence-corrected chi connectivity index (χ1v) is 12.4. The van der Waals surface area contributed by atoms with Gasteiger partial charge in [0.25, 0.3) is 0 Å². The minimum atomic E-state index is -3.52. The summed E-state index contributed by atoms with van der Waals surface area (Å²) in [7, 11) is -3.52. The van der Waals surface area contributed by atoms with E-state index in [0.29, 0.717) is 43.4 Å². The number of para-hydroxylation sites is 1. The number of ether oxygens (including phenoxy) is 3. The lowest BCUT2D eigenvalue weighted by Crippen LogP contribution is -2.37. The number of anilines is 1. The SMILES string of the molecule is Cc1ccccc1OCC(C)NC(=O)CCCN(c1ccc2c(c1)OCCO2)S(C)(=O)=O. The minimum absolute atomic E-state index is 0.151. The Kier molecular flexibility index (Phi) is 7.84. The standard InChI is InChI=1S/C23H30N2O6S/c1-17-7-4-5-8-20(17)31-16-18(2)24-23(26)9-6-12-25(32(3,27)28)19-10-11-21-22(15-19)30-14-13-29-21/h4-5,7-8,10-11,15,18H,6,9,12-14,16H2,1-3H3,(H,24,26). The van der Waals surface area contributed by atoms with E-state index in [4.69, 9.17) is 14.2 Å². The topological polar surface area (TPSA) is 94.2 Å². The third-order valence-electron chi connectivity index (χ3n) is 4.97. The highest BCUT2D eigenvalue weighted by atomic mass is 32.2. The van der Waals surface area contributed by atoms with Crippen molar-refractivity contribution in [1.29, 1.82) is 0 Å². The van der Waals surface area contributed by atoms with Gasteiger partial charge in [0.2, 0.25) is 15.9 Å².